The van der Waals surface area contributed by atoms with Gasteiger partial charge in [-0.05, 0) is 12.8 Å². The zero-order valence-corrected chi connectivity index (χ0v) is 8.49. The molecule has 0 aromatic heterocycles. The Morgan fingerprint density at radius 2 is 1.85 bits per heavy atom. The minimum atomic E-state index is -0.365. The first-order valence-corrected chi connectivity index (χ1v) is 4.55. The molecule has 0 heterocycles. The van der Waals surface area contributed by atoms with E-state index in [0.29, 0.717) is 26.4 Å². The van der Waals surface area contributed by atoms with Gasteiger partial charge in [-0.1, -0.05) is 0 Å². The van der Waals surface area contributed by atoms with Crippen molar-refractivity contribution in [1.29, 1.82) is 0 Å². The molecular formula is C9H20O4. The second-order valence-electron chi connectivity index (χ2n) is 2.86. The summed E-state index contributed by atoms with van der Waals surface area (Å²) in [6, 6.07) is 0. The fraction of sp³-hybridized carbons (Fsp3) is 1.00. The molecule has 0 saturated carbocycles. The topological polar surface area (TPSA) is 47.9 Å². The lowest BCUT2D eigenvalue weighted by Crippen LogP contribution is -2.14. The average molecular weight is 192 g/mol. The zero-order chi connectivity index (χ0) is 9.94. The van der Waals surface area contributed by atoms with Gasteiger partial charge >= 0.3 is 0 Å². The Kier molecular flexibility index (Phi) is 9.80. The summed E-state index contributed by atoms with van der Waals surface area (Å²) in [5, 5.41) is 9.25. The Balaban J connectivity index is 2.97. The maximum Gasteiger partial charge on any atom is 0.0774 e. The molecule has 13 heavy (non-hydrogen) atoms. The quantitative estimate of drug-likeness (QED) is 0.538. The van der Waals surface area contributed by atoms with E-state index in [0.717, 1.165) is 12.8 Å². The molecule has 0 fully saturated rings. The van der Waals surface area contributed by atoms with Gasteiger partial charge in [0, 0.05) is 20.8 Å². The van der Waals surface area contributed by atoms with Gasteiger partial charge in [-0.25, -0.2) is 0 Å². The van der Waals surface area contributed by atoms with E-state index >= 15 is 0 Å². The lowest BCUT2D eigenvalue weighted by molar-refractivity contribution is 0.0396. The Morgan fingerprint density at radius 1 is 1.08 bits per heavy atom. The normalized spacial score (nSPS) is 13.2. The van der Waals surface area contributed by atoms with Crippen LogP contribution in [0.15, 0.2) is 0 Å². The fourth-order valence-corrected chi connectivity index (χ4v) is 0.941. The van der Waals surface area contributed by atoms with Crippen LogP contribution in [0.25, 0.3) is 0 Å². The van der Waals surface area contributed by atoms with Crippen molar-refractivity contribution in [2.45, 2.75) is 18.9 Å². The molecule has 1 N–H and O–H groups in total. The first-order chi connectivity index (χ1) is 6.31. The van der Waals surface area contributed by atoms with E-state index in [1.165, 1.54) is 0 Å². The van der Waals surface area contributed by atoms with Crippen LogP contribution >= 0.6 is 0 Å². The summed E-state index contributed by atoms with van der Waals surface area (Å²) < 4.78 is 14.8. The minimum Gasteiger partial charge on any atom is -0.391 e. The Morgan fingerprint density at radius 3 is 2.46 bits per heavy atom. The molecule has 0 spiro atoms. The van der Waals surface area contributed by atoms with Gasteiger partial charge in [0.25, 0.3) is 0 Å². The molecule has 0 amide bonds. The summed E-state index contributed by atoms with van der Waals surface area (Å²) in [4.78, 5) is 0. The van der Waals surface area contributed by atoms with Crippen LogP contribution in [-0.2, 0) is 14.2 Å². The monoisotopic (exact) mass is 192 g/mol. The maximum absolute atomic E-state index is 9.25. The average Bonchev–Trinajstić information content (AvgIpc) is 2.11. The van der Waals surface area contributed by atoms with Crippen LogP contribution in [-0.4, -0.2) is 51.9 Å². The number of rotatable bonds is 9. The van der Waals surface area contributed by atoms with Crippen LogP contribution in [0.1, 0.15) is 12.8 Å². The molecule has 0 rings (SSSR count). The molecule has 1 unspecified atom stereocenters. The molecule has 1 atom stereocenters. The van der Waals surface area contributed by atoms with E-state index in [1.54, 1.807) is 14.2 Å². The molecule has 4 heteroatoms. The summed E-state index contributed by atoms with van der Waals surface area (Å²) in [6.45, 7) is 2.32. The van der Waals surface area contributed by atoms with E-state index in [2.05, 4.69) is 0 Å². The highest BCUT2D eigenvalue weighted by Gasteiger charge is 2.01. The number of methoxy groups -OCH3 is 2. The predicted molar refractivity (Wildman–Crippen MR) is 49.8 cm³/mol. The third kappa shape index (κ3) is 9.76. The van der Waals surface area contributed by atoms with Gasteiger partial charge in [0.2, 0.25) is 0 Å². The Bertz CT molecular complexity index is 97.6. The van der Waals surface area contributed by atoms with Crippen LogP contribution in [0.5, 0.6) is 0 Å². The van der Waals surface area contributed by atoms with E-state index in [4.69, 9.17) is 14.2 Å². The molecule has 0 saturated heterocycles. The smallest absolute Gasteiger partial charge is 0.0774 e. The minimum absolute atomic E-state index is 0.365. The first kappa shape index (κ1) is 12.8. The van der Waals surface area contributed by atoms with Gasteiger partial charge in [-0.15, -0.1) is 0 Å². The summed E-state index contributed by atoms with van der Waals surface area (Å²) in [7, 11) is 3.23. The van der Waals surface area contributed by atoms with Crippen molar-refractivity contribution >= 4 is 0 Å². The first-order valence-electron chi connectivity index (χ1n) is 4.55. The molecule has 4 nitrogen and oxygen atoms in total. The van der Waals surface area contributed by atoms with E-state index in [1.807, 2.05) is 0 Å². The van der Waals surface area contributed by atoms with Crippen molar-refractivity contribution in [3.05, 3.63) is 0 Å². The maximum atomic E-state index is 9.25. The van der Waals surface area contributed by atoms with Crippen molar-refractivity contribution in [3.8, 4) is 0 Å². The molecule has 0 bridgehead atoms. The molecule has 0 aromatic rings. The van der Waals surface area contributed by atoms with E-state index < -0.39 is 0 Å². The van der Waals surface area contributed by atoms with Gasteiger partial charge in [-0.3, -0.25) is 0 Å². The number of aliphatic hydroxyl groups excluding tert-OH is 1. The molecule has 80 valence electrons. The van der Waals surface area contributed by atoms with Crippen LogP contribution in [0.3, 0.4) is 0 Å². The second-order valence-corrected chi connectivity index (χ2v) is 2.86. The molecule has 0 aliphatic heterocycles. The van der Waals surface area contributed by atoms with Crippen LogP contribution in [0.4, 0.5) is 0 Å². The lowest BCUT2D eigenvalue weighted by atomic mass is 10.2. The third-order valence-electron chi connectivity index (χ3n) is 1.62. The van der Waals surface area contributed by atoms with Crippen molar-refractivity contribution in [3.63, 3.8) is 0 Å². The van der Waals surface area contributed by atoms with E-state index in [-0.39, 0.29) is 6.10 Å². The summed E-state index contributed by atoms with van der Waals surface area (Å²) >= 11 is 0. The van der Waals surface area contributed by atoms with Crippen LogP contribution < -0.4 is 0 Å². The van der Waals surface area contributed by atoms with Gasteiger partial charge in [0.1, 0.15) is 0 Å². The van der Waals surface area contributed by atoms with Crippen LogP contribution in [0, 0.1) is 0 Å². The molecule has 0 radical (unpaired) electrons. The lowest BCUT2D eigenvalue weighted by Gasteiger charge is -2.08. The highest BCUT2D eigenvalue weighted by Crippen LogP contribution is 1.97. The van der Waals surface area contributed by atoms with Crippen LogP contribution in [0.2, 0.25) is 0 Å². The standard InChI is InChI=1S/C9H20O4/c1-11-6-7-13-5-3-4-9(10)8-12-2/h9-10H,3-8H2,1-2H3. The Labute approximate surface area is 79.8 Å². The van der Waals surface area contributed by atoms with Crippen molar-refractivity contribution in [2.24, 2.45) is 0 Å². The number of ether oxygens (including phenoxy) is 3. The second kappa shape index (κ2) is 9.92. The summed E-state index contributed by atoms with van der Waals surface area (Å²) in [6.07, 6.45) is 1.21. The molecule has 0 aromatic carbocycles. The largest absolute Gasteiger partial charge is 0.391 e. The SMILES string of the molecule is COCCOCCCC(O)COC. The third-order valence-corrected chi connectivity index (χ3v) is 1.62. The summed E-state index contributed by atoms with van der Waals surface area (Å²) in [5.74, 6) is 0. The number of aliphatic hydroxyl groups is 1. The summed E-state index contributed by atoms with van der Waals surface area (Å²) in [5.41, 5.74) is 0. The predicted octanol–water partition coefficient (Wildman–Crippen LogP) is 0.437. The van der Waals surface area contributed by atoms with Crippen molar-refractivity contribution < 1.29 is 19.3 Å². The molecule has 0 aliphatic carbocycles. The Hall–Kier alpha value is -0.160. The van der Waals surface area contributed by atoms with Crippen molar-refractivity contribution in [1.82, 2.24) is 0 Å². The zero-order valence-electron chi connectivity index (χ0n) is 8.49. The molecular weight excluding hydrogens is 172 g/mol. The van der Waals surface area contributed by atoms with Gasteiger partial charge in [0.15, 0.2) is 0 Å². The van der Waals surface area contributed by atoms with Crippen molar-refractivity contribution in [2.75, 3.05) is 40.6 Å². The van der Waals surface area contributed by atoms with Gasteiger partial charge in [-0.2, -0.15) is 0 Å². The molecule has 0 aliphatic rings. The van der Waals surface area contributed by atoms with Gasteiger partial charge < -0.3 is 19.3 Å². The van der Waals surface area contributed by atoms with E-state index in [9.17, 15) is 5.11 Å². The number of hydrogen-bond donors (Lipinski definition) is 1. The van der Waals surface area contributed by atoms with Gasteiger partial charge in [0.05, 0.1) is 25.9 Å². The number of hydrogen-bond acceptors (Lipinski definition) is 4. The highest BCUT2D eigenvalue weighted by molar-refractivity contribution is 4.52. The highest BCUT2D eigenvalue weighted by atomic mass is 16.5. The fourth-order valence-electron chi connectivity index (χ4n) is 0.941.